The molecule has 0 aliphatic carbocycles. The van der Waals surface area contributed by atoms with Gasteiger partial charge < -0.3 is 0 Å². The molecule has 0 aromatic heterocycles. The van der Waals surface area contributed by atoms with Crippen LogP contribution in [0.4, 0.5) is 0 Å². The lowest BCUT2D eigenvalue weighted by Gasteiger charge is -2.05. The van der Waals surface area contributed by atoms with E-state index in [0.717, 1.165) is 0 Å². The van der Waals surface area contributed by atoms with Gasteiger partial charge in [-0.3, -0.25) is 0 Å². The minimum Gasteiger partial charge on any atom is -0.0991 e. The van der Waals surface area contributed by atoms with Gasteiger partial charge in [0.05, 0.1) is 0 Å². The molecule has 2 aromatic rings. The summed E-state index contributed by atoms with van der Waals surface area (Å²) >= 11 is 0. The highest BCUT2D eigenvalue weighted by Gasteiger charge is 1.99. The minimum atomic E-state index is 1.23. The zero-order chi connectivity index (χ0) is 12.1. The zero-order valence-corrected chi connectivity index (χ0v) is 10.1. The first-order chi connectivity index (χ1) is 8.31. The highest BCUT2D eigenvalue weighted by atomic mass is 14.0. The molecule has 0 fully saturated rings. The van der Waals surface area contributed by atoms with Gasteiger partial charge in [0.15, 0.2) is 0 Å². The van der Waals surface area contributed by atoms with Crippen LogP contribution in [0.5, 0.6) is 0 Å². The molecule has 0 nitrogen and oxygen atoms in total. The maximum atomic E-state index is 3.73. The summed E-state index contributed by atoms with van der Waals surface area (Å²) in [5.74, 6) is 0. The summed E-state index contributed by atoms with van der Waals surface area (Å²) in [6, 6.07) is 19.0. The molecule has 2 rings (SSSR count). The van der Waals surface area contributed by atoms with Gasteiger partial charge in [0.1, 0.15) is 0 Å². The van der Waals surface area contributed by atoms with E-state index in [4.69, 9.17) is 0 Å². The van der Waals surface area contributed by atoms with E-state index >= 15 is 0 Å². The summed E-state index contributed by atoms with van der Waals surface area (Å²) in [6.07, 6.45) is 3.86. The van der Waals surface area contributed by atoms with Gasteiger partial charge in [0, 0.05) is 0 Å². The molecule has 0 spiro atoms. The van der Waals surface area contributed by atoms with Crippen molar-refractivity contribution in [3.05, 3.63) is 78.9 Å². The second kappa shape index (κ2) is 5.31. The van der Waals surface area contributed by atoms with E-state index in [1.54, 1.807) is 0 Å². The Morgan fingerprint density at radius 2 is 1.65 bits per heavy atom. The van der Waals surface area contributed by atoms with Crippen molar-refractivity contribution in [1.29, 1.82) is 0 Å². The van der Waals surface area contributed by atoms with Gasteiger partial charge in [0.25, 0.3) is 0 Å². The third kappa shape index (κ3) is 2.73. The van der Waals surface area contributed by atoms with Crippen molar-refractivity contribution in [1.82, 2.24) is 0 Å². The molecule has 0 radical (unpaired) electrons. The van der Waals surface area contributed by atoms with Crippen molar-refractivity contribution in [2.75, 3.05) is 0 Å². The second-order valence-corrected chi connectivity index (χ2v) is 4.03. The molecule has 0 unspecified atom stereocenters. The van der Waals surface area contributed by atoms with E-state index in [1.165, 1.54) is 22.3 Å². The van der Waals surface area contributed by atoms with Gasteiger partial charge in [-0.05, 0) is 35.3 Å². The quantitative estimate of drug-likeness (QED) is 0.642. The standard InChI is InChI=1S/C17H16/c1-3-8-14(2)16-11-7-12-17(13-16)15-9-5-4-6-10-15/h3-13H,1H2,2H3/b14-8+. The SMILES string of the molecule is C=C/C=C(\C)c1cccc(-c2ccccc2)c1. The lowest BCUT2D eigenvalue weighted by molar-refractivity contribution is 1.55. The fourth-order valence-corrected chi connectivity index (χ4v) is 1.85. The molecule has 0 heteroatoms. The average molecular weight is 220 g/mol. The van der Waals surface area contributed by atoms with E-state index in [-0.39, 0.29) is 0 Å². The molecule has 0 bridgehead atoms. The average Bonchev–Trinajstić information content (AvgIpc) is 2.40. The van der Waals surface area contributed by atoms with E-state index in [0.29, 0.717) is 0 Å². The van der Waals surface area contributed by atoms with Crippen molar-refractivity contribution in [2.45, 2.75) is 6.92 Å². The summed E-state index contributed by atoms with van der Waals surface area (Å²) < 4.78 is 0. The van der Waals surface area contributed by atoms with Crippen LogP contribution in [-0.4, -0.2) is 0 Å². The van der Waals surface area contributed by atoms with Crippen molar-refractivity contribution in [2.24, 2.45) is 0 Å². The number of benzene rings is 2. The predicted molar refractivity (Wildman–Crippen MR) is 75.7 cm³/mol. The molecular weight excluding hydrogens is 204 g/mol. The Labute approximate surface area is 103 Å². The van der Waals surface area contributed by atoms with Crippen LogP contribution < -0.4 is 0 Å². The summed E-state index contributed by atoms with van der Waals surface area (Å²) in [4.78, 5) is 0. The van der Waals surface area contributed by atoms with E-state index in [9.17, 15) is 0 Å². The van der Waals surface area contributed by atoms with Gasteiger partial charge in [-0.1, -0.05) is 67.3 Å². The van der Waals surface area contributed by atoms with Crippen molar-refractivity contribution in [3.63, 3.8) is 0 Å². The van der Waals surface area contributed by atoms with Crippen LogP contribution in [-0.2, 0) is 0 Å². The topological polar surface area (TPSA) is 0 Å². The first-order valence-corrected chi connectivity index (χ1v) is 5.76. The van der Waals surface area contributed by atoms with Gasteiger partial charge in [-0.25, -0.2) is 0 Å². The largest absolute Gasteiger partial charge is 0.0991 e. The van der Waals surface area contributed by atoms with Gasteiger partial charge in [0.2, 0.25) is 0 Å². The first kappa shape index (κ1) is 11.4. The Bertz CT molecular complexity index is 533. The number of hydrogen-bond acceptors (Lipinski definition) is 0. The molecule has 2 aromatic carbocycles. The van der Waals surface area contributed by atoms with Crippen LogP contribution in [0.3, 0.4) is 0 Å². The fraction of sp³-hybridized carbons (Fsp3) is 0.0588. The predicted octanol–water partition coefficient (Wildman–Crippen LogP) is 4.94. The van der Waals surface area contributed by atoms with Crippen molar-refractivity contribution in [3.8, 4) is 11.1 Å². The van der Waals surface area contributed by atoms with Crippen LogP contribution in [0.15, 0.2) is 73.3 Å². The zero-order valence-electron chi connectivity index (χ0n) is 10.1. The number of hydrogen-bond donors (Lipinski definition) is 0. The third-order valence-corrected chi connectivity index (χ3v) is 2.79. The van der Waals surface area contributed by atoms with Crippen molar-refractivity contribution < 1.29 is 0 Å². The van der Waals surface area contributed by atoms with Crippen LogP contribution in [0.25, 0.3) is 16.7 Å². The minimum absolute atomic E-state index is 1.23. The Morgan fingerprint density at radius 3 is 2.35 bits per heavy atom. The Hall–Kier alpha value is -2.08. The van der Waals surface area contributed by atoms with Gasteiger partial charge in [-0.15, -0.1) is 0 Å². The highest BCUT2D eigenvalue weighted by Crippen LogP contribution is 2.23. The molecule has 84 valence electrons. The Kier molecular flexibility index (Phi) is 3.56. The van der Waals surface area contributed by atoms with Crippen LogP contribution >= 0.6 is 0 Å². The summed E-state index contributed by atoms with van der Waals surface area (Å²) in [7, 11) is 0. The molecular formula is C17H16. The fourth-order valence-electron chi connectivity index (χ4n) is 1.85. The van der Waals surface area contributed by atoms with Crippen molar-refractivity contribution >= 4 is 5.57 Å². The van der Waals surface area contributed by atoms with E-state index in [1.807, 2.05) is 18.2 Å². The lowest BCUT2D eigenvalue weighted by Crippen LogP contribution is -1.82. The molecule has 0 heterocycles. The molecule has 0 amide bonds. The summed E-state index contributed by atoms with van der Waals surface area (Å²) in [5.41, 5.74) is 4.98. The lowest BCUT2D eigenvalue weighted by atomic mass is 10.00. The van der Waals surface area contributed by atoms with Gasteiger partial charge >= 0.3 is 0 Å². The maximum absolute atomic E-state index is 3.73. The maximum Gasteiger partial charge on any atom is -0.0178 e. The summed E-state index contributed by atoms with van der Waals surface area (Å²) in [6.45, 7) is 5.83. The van der Waals surface area contributed by atoms with Crippen LogP contribution in [0, 0.1) is 0 Å². The Morgan fingerprint density at radius 1 is 0.941 bits per heavy atom. The van der Waals surface area contributed by atoms with E-state index in [2.05, 4.69) is 62.0 Å². The number of allylic oxidation sites excluding steroid dienone is 3. The molecule has 0 aliphatic rings. The second-order valence-electron chi connectivity index (χ2n) is 4.03. The van der Waals surface area contributed by atoms with Crippen LogP contribution in [0.1, 0.15) is 12.5 Å². The first-order valence-electron chi connectivity index (χ1n) is 5.76. The highest BCUT2D eigenvalue weighted by molar-refractivity contribution is 5.72. The smallest absolute Gasteiger partial charge is 0.0178 e. The molecule has 0 aliphatic heterocycles. The van der Waals surface area contributed by atoms with Crippen LogP contribution in [0.2, 0.25) is 0 Å². The molecule has 0 saturated heterocycles. The number of rotatable bonds is 3. The molecule has 0 atom stereocenters. The summed E-state index contributed by atoms with van der Waals surface area (Å²) in [5, 5.41) is 0. The monoisotopic (exact) mass is 220 g/mol. The molecule has 0 N–H and O–H groups in total. The van der Waals surface area contributed by atoms with Gasteiger partial charge in [-0.2, -0.15) is 0 Å². The normalized spacial score (nSPS) is 11.2. The molecule has 17 heavy (non-hydrogen) atoms. The van der Waals surface area contributed by atoms with E-state index < -0.39 is 0 Å². The third-order valence-electron chi connectivity index (χ3n) is 2.79. The Balaban J connectivity index is 2.42. The molecule has 0 saturated carbocycles.